The number of hydrogen-bond donors (Lipinski definition) is 1. The molecule has 1 heterocycles. The molecular formula is C9H12F3N3. The van der Waals surface area contributed by atoms with Gasteiger partial charge in [0.2, 0.25) is 0 Å². The zero-order chi connectivity index (χ0) is 11.3. The maximum atomic E-state index is 11.8. The number of nitrogens with one attached hydrogen (secondary N) is 1. The van der Waals surface area contributed by atoms with Gasteiger partial charge in [0.25, 0.3) is 0 Å². The predicted molar refractivity (Wildman–Crippen MR) is 50.5 cm³/mol. The van der Waals surface area contributed by atoms with Crippen LogP contribution in [-0.4, -0.2) is 22.9 Å². The Bertz CT molecular complexity index is 294. The average Bonchev–Trinajstić information content (AvgIpc) is 2.14. The van der Waals surface area contributed by atoms with Gasteiger partial charge < -0.3 is 5.32 Å². The van der Waals surface area contributed by atoms with Crippen LogP contribution < -0.4 is 5.32 Å². The summed E-state index contributed by atoms with van der Waals surface area (Å²) in [5.41, 5.74) is 0.774. The van der Waals surface area contributed by atoms with Gasteiger partial charge in [-0.1, -0.05) is 0 Å². The van der Waals surface area contributed by atoms with Gasteiger partial charge in [-0.15, -0.1) is 5.10 Å². The van der Waals surface area contributed by atoms with Gasteiger partial charge in [-0.05, 0) is 25.5 Å². The van der Waals surface area contributed by atoms with Crippen molar-refractivity contribution in [2.45, 2.75) is 25.9 Å². The molecule has 0 aliphatic rings. The monoisotopic (exact) mass is 219 g/mol. The summed E-state index contributed by atoms with van der Waals surface area (Å²) in [6.07, 6.45) is -4.82. The number of aromatic nitrogens is 2. The van der Waals surface area contributed by atoms with Crippen molar-refractivity contribution >= 4 is 5.82 Å². The second kappa shape index (κ2) is 4.95. The van der Waals surface area contributed by atoms with E-state index in [2.05, 4.69) is 15.5 Å². The maximum Gasteiger partial charge on any atom is 0.389 e. The Morgan fingerprint density at radius 2 is 2.00 bits per heavy atom. The molecular weight excluding hydrogens is 207 g/mol. The summed E-state index contributed by atoms with van der Waals surface area (Å²) in [6, 6.07) is 3.44. The van der Waals surface area contributed by atoms with Crippen LogP contribution in [0.3, 0.4) is 0 Å². The second-order valence-corrected chi connectivity index (χ2v) is 3.21. The van der Waals surface area contributed by atoms with E-state index in [4.69, 9.17) is 0 Å². The fourth-order valence-corrected chi connectivity index (χ4v) is 0.999. The molecule has 0 saturated carbocycles. The molecule has 84 valence electrons. The zero-order valence-corrected chi connectivity index (χ0v) is 8.30. The maximum absolute atomic E-state index is 11.8. The molecule has 0 radical (unpaired) electrons. The average molecular weight is 219 g/mol. The van der Waals surface area contributed by atoms with Crippen molar-refractivity contribution in [1.82, 2.24) is 10.2 Å². The lowest BCUT2D eigenvalue weighted by atomic mass is 10.3. The number of anilines is 1. The molecule has 0 amide bonds. The van der Waals surface area contributed by atoms with Crippen LogP contribution in [0.1, 0.15) is 18.5 Å². The van der Waals surface area contributed by atoms with Crippen molar-refractivity contribution in [3.63, 3.8) is 0 Å². The third-order valence-corrected chi connectivity index (χ3v) is 1.74. The first kappa shape index (κ1) is 11.7. The molecule has 0 saturated heterocycles. The number of aryl methyl sites for hydroxylation is 1. The highest BCUT2D eigenvalue weighted by Gasteiger charge is 2.25. The Morgan fingerprint density at radius 1 is 1.27 bits per heavy atom. The summed E-state index contributed by atoms with van der Waals surface area (Å²) in [6.45, 7) is 2.04. The largest absolute Gasteiger partial charge is 0.389 e. The van der Waals surface area contributed by atoms with Crippen LogP contribution in [0.4, 0.5) is 19.0 Å². The highest BCUT2D eigenvalue weighted by Crippen LogP contribution is 2.20. The molecule has 3 nitrogen and oxygen atoms in total. The fraction of sp³-hybridized carbons (Fsp3) is 0.556. The molecule has 0 atom stereocenters. The highest BCUT2D eigenvalue weighted by atomic mass is 19.4. The summed E-state index contributed by atoms with van der Waals surface area (Å²) in [7, 11) is 0. The van der Waals surface area contributed by atoms with Gasteiger partial charge in [0.05, 0.1) is 5.69 Å². The Hall–Kier alpha value is -1.33. The minimum absolute atomic E-state index is 0.0407. The van der Waals surface area contributed by atoms with E-state index in [0.29, 0.717) is 5.82 Å². The molecule has 0 unspecified atom stereocenters. The number of alkyl halides is 3. The molecule has 1 aromatic rings. The molecule has 1 rings (SSSR count). The zero-order valence-electron chi connectivity index (χ0n) is 8.30. The first-order valence-corrected chi connectivity index (χ1v) is 4.58. The molecule has 0 aliphatic heterocycles. The summed E-state index contributed by atoms with van der Waals surface area (Å²) in [4.78, 5) is 0. The van der Waals surface area contributed by atoms with E-state index >= 15 is 0 Å². The van der Waals surface area contributed by atoms with E-state index in [1.54, 1.807) is 19.1 Å². The summed E-state index contributed by atoms with van der Waals surface area (Å²) >= 11 is 0. The topological polar surface area (TPSA) is 37.8 Å². The molecule has 0 aliphatic carbocycles. The number of halogens is 3. The lowest BCUT2D eigenvalue weighted by molar-refractivity contribution is -0.134. The van der Waals surface area contributed by atoms with Crippen molar-refractivity contribution in [3.8, 4) is 0 Å². The van der Waals surface area contributed by atoms with Gasteiger partial charge in [-0.25, -0.2) is 0 Å². The van der Waals surface area contributed by atoms with E-state index in [-0.39, 0.29) is 13.0 Å². The van der Waals surface area contributed by atoms with Crippen LogP contribution in [0.2, 0.25) is 0 Å². The van der Waals surface area contributed by atoms with Crippen molar-refractivity contribution in [3.05, 3.63) is 17.8 Å². The number of hydrogen-bond acceptors (Lipinski definition) is 3. The van der Waals surface area contributed by atoms with Gasteiger partial charge in [0.15, 0.2) is 0 Å². The molecule has 6 heteroatoms. The Kier molecular flexibility index (Phi) is 3.88. The summed E-state index contributed by atoms with van der Waals surface area (Å²) < 4.78 is 35.3. The second-order valence-electron chi connectivity index (χ2n) is 3.21. The Balaban J connectivity index is 2.23. The van der Waals surface area contributed by atoms with Crippen molar-refractivity contribution in [2.24, 2.45) is 0 Å². The number of rotatable bonds is 4. The smallest absolute Gasteiger partial charge is 0.369 e. The lowest BCUT2D eigenvalue weighted by Crippen LogP contribution is -2.11. The van der Waals surface area contributed by atoms with Crippen molar-refractivity contribution in [2.75, 3.05) is 11.9 Å². The van der Waals surface area contributed by atoms with Crippen molar-refractivity contribution < 1.29 is 13.2 Å². The van der Waals surface area contributed by atoms with Crippen LogP contribution in [0, 0.1) is 6.92 Å². The third kappa shape index (κ3) is 5.19. The minimum Gasteiger partial charge on any atom is -0.369 e. The van der Waals surface area contributed by atoms with E-state index in [9.17, 15) is 13.2 Å². The van der Waals surface area contributed by atoms with E-state index in [1.165, 1.54) is 0 Å². The summed E-state index contributed by atoms with van der Waals surface area (Å²) in [5.74, 6) is 0.503. The van der Waals surface area contributed by atoms with Gasteiger partial charge in [0.1, 0.15) is 5.82 Å². The highest BCUT2D eigenvalue weighted by molar-refractivity contribution is 5.32. The predicted octanol–water partition coefficient (Wildman–Crippen LogP) is 2.54. The van der Waals surface area contributed by atoms with Gasteiger partial charge >= 0.3 is 6.18 Å². The van der Waals surface area contributed by atoms with Crippen LogP contribution in [0.15, 0.2) is 12.1 Å². The van der Waals surface area contributed by atoms with E-state index < -0.39 is 12.6 Å². The van der Waals surface area contributed by atoms with E-state index in [0.717, 1.165) is 5.69 Å². The Labute approximate surface area is 85.7 Å². The Morgan fingerprint density at radius 3 is 2.53 bits per heavy atom. The lowest BCUT2D eigenvalue weighted by Gasteiger charge is -2.07. The SMILES string of the molecule is Cc1ccc(NCCCC(F)(F)F)nn1. The fourth-order valence-electron chi connectivity index (χ4n) is 0.999. The molecule has 0 fully saturated rings. The molecule has 1 aromatic heterocycles. The molecule has 0 bridgehead atoms. The number of nitrogens with zero attached hydrogens (tertiary/aromatic N) is 2. The third-order valence-electron chi connectivity index (χ3n) is 1.74. The van der Waals surface area contributed by atoms with Crippen LogP contribution >= 0.6 is 0 Å². The van der Waals surface area contributed by atoms with Crippen molar-refractivity contribution in [1.29, 1.82) is 0 Å². The quantitative estimate of drug-likeness (QED) is 0.791. The van der Waals surface area contributed by atoms with E-state index in [1.807, 2.05) is 0 Å². The minimum atomic E-state index is -4.08. The van der Waals surface area contributed by atoms with Crippen LogP contribution in [0.25, 0.3) is 0 Å². The molecule has 15 heavy (non-hydrogen) atoms. The standard InChI is InChI=1S/C9H12F3N3/c1-7-3-4-8(15-14-7)13-6-2-5-9(10,11)12/h3-4H,2,5-6H2,1H3,(H,13,15). The van der Waals surface area contributed by atoms with Crippen LogP contribution in [0.5, 0.6) is 0 Å². The molecule has 0 spiro atoms. The summed E-state index contributed by atoms with van der Waals surface area (Å²) in [5, 5.41) is 10.3. The van der Waals surface area contributed by atoms with Gasteiger partial charge in [0, 0.05) is 13.0 Å². The van der Waals surface area contributed by atoms with Gasteiger partial charge in [-0.3, -0.25) is 0 Å². The normalized spacial score (nSPS) is 11.5. The van der Waals surface area contributed by atoms with Gasteiger partial charge in [-0.2, -0.15) is 18.3 Å². The molecule has 0 aromatic carbocycles. The molecule has 1 N–H and O–H groups in total. The first-order valence-electron chi connectivity index (χ1n) is 4.58. The van der Waals surface area contributed by atoms with Crippen LogP contribution in [-0.2, 0) is 0 Å². The first-order chi connectivity index (χ1) is 6.97.